The molecule has 0 aliphatic rings. The van der Waals surface area contributed by atoms with Crippen LogP contribution in [-0.4, -0.2) is 40.1 Å². The molecule has 0 radical (unpaired) electrons. The van der Waals surface area contributed by atoms with E-state index in [0.29, 0.717) is 33.0 Å². The maximum atomic E-state index is 13.0. The van der Waals surface area contributed by atoms with Gasteiger partial charge in [0.2, 0.25) is 0 Å². The van der Waals surface area contributed by atoms with Crippen molar-refractivity contribution in [1.29, 1.82) is 0 Å². The number of benzene rings is 1. The van der Waals surface area contributed by atoms with Crippen LogP contribution in [0, 0.1) is 5.82 Å². The number of methoxy groups -OCH3 is 1. The molecule has 108 valence electrons. The summed E-state index contributed by atoms with van der Waals surface area (Å²) in [6.07, 6.45) is 0.805. The van der Waals surface area contributed by atoms with Crippen LogP contribution >= 0.6 is 0 Å². The van der Waals surface area contributed by atoms with Crippen LogP contribution in [0.25, 0.3) is 0 Å². The van der Waals surface area contributed by atoms with Crippen molar-refractivity contribution in [2.45, 2.75) is 12.5 Å². The van der Waals surface area contributed by atoms with Crippen LogP contribution in [0.1, 0.15) is 18.0 Å². The lowest BCUT2D eigenvalue weighted by molar-refractivity contribution is 0.0492. The van der Waals surface area contributed by atoms with Gasteiger partial charge in [0.05, 0.1) is 25.9 Å². The molecular weight excluding hydrogens is 249 g/mol. The molecule has 0 heterocycles. The molecule has 1 aromatic rings. The van der Waals surface area contributed by atoms with Crippen molar-refractivity contribution in [3.8, 4) is 0 Å². The number of rotatable bonds is 10. The Kier molecular flexibility index (Phi) is 8.33. The molecule has 1 unspecified atom stereocenters. The summed E-state index contributed by atoms with van der Waals surface area (Å²) in [6.45, 7) is 2.79. The fourth-order valence-corrected chi connectivity index (χ4v) is 1.55. The molecule has 0 bridgehead atoms. The maximum Gasteiger partial charge on any atom is 0.123 e. The van der Waals surface area contributed by atoms with Crippen molar-refractivity contribution in [3.63, 3.8) is 0 Å². The van der Waals surface area contributed by atoms with Crippen LogP contribution in [-0.2, 0) is 14.2 Å². The summed E-state index contributed by atoms with van der Waals surface area (Å²) >= 11 is 0. The SMILES string of the molecule is COCCOCCCOCC(N)c1cccc(F)c1. The molecule has 5 heteroatoms. The van der Waals surface area contributed by atoms with Crippen LogP contribution in [0.3, 0.4) is 0 Å². The highest BCUT2D eigenvalue weighted by molar-refractivity contribution is 5.19. The van der Waals surface area contributed by atoms with Gasteiger partial charge in [-0.15, -0.1) is 0 Å². The van der Waals surface area contributed by atoms with Gasteiger partial charge in [-0.25, -0.2) is 4.39 Å². The Hall–Kier alpha value is -1.01. The number of halogens is 1. The van der Waals surface area contributed by atoms with Gasteiger partial charge in [0.1, 0.15) is 5.82 Å². The fourth-order valence-electron chi connectivity index (χ4n) is 1.55. The van der Waals surface area contributed by atoms with E-state index < -0.39 is 0 Å². The van der Waals surface area contributed by atoms with Crippen LogP contribution in [0.15, 0.2) is 24.3 Å². The highest BCUT2D eigenvalue weighted by Gasteiger charge is 2.06. The highest BCUT2D eigenvalue weighted by atomic mass is 19.1. The van der Waals surface area contributed by atoms with E-state index >= 15 is 0 Å². The fraction of sp³-hybridized carbons (Fsp3) is 0.571. The Balaban J connectivity index is 2.06. The van der Waals surface area contributed by atoms with E-state index in [1.54, 1.807) is 19.2 Å². The Morgan fingerprint density at radius 3 is 2.68 bits per heavy atom. The van der Waals surface area contributed by atoms with Crippen LogP contribution in [0.5, 0.6) is 0 Å². The van der Waals surface area contributed by atoms with Crippen molar-refractivity contribution >= 4 is 0 Å². The molecule has 2 N–H and O–H groups in total. The van der Waals surface area contributed by atoms with Crippen LogP contribution < -0.4 is 5.73 Å². The first-order valence-corrected chi connectivity index (χ1v) is 6.39. The third-order valence-electron chi connectivity index (χ3n) is 2.58. The van der Waals surface area contributed by atoms with Gasteiger partial charge in [-0.05, 0) is 24.1 Å². The second kappa shape index (κ2) is 9.86. The molecule has 0 fully saturated rings. The van der Waals surface area contributed by atoms with E-state index in [9.17, 15) is 4.39 Å². The number of ether oxygens (including phenoxy) is 3. The van der Waals surface area contributed by atoms with Gasteiger partial charge in [0.15, 0.2) is 0 Å². The van der Waals surface area contributed by atoms with Gasteiger partial charge < -0.3 is 19.9 Å². The first-order chi connectivity index (χ1) is 9.24. The van der Waals surface area contributed by atoms with Crippen LogP contribution in [0.2, 0.25) is 0 Å². The monoisotopic (exact) mass is 271 g/mol. The summed E-state index contributed by atoms with van der Waals surface area (Å²) in [5, 5.41) is 0. The molecule has 0 saturated heterocycles. The quantitative estimate of drug-likeness (QED) is 0.660. The average Bonchev–Trinajstić information content (AvgIpc) is 2.41. The summed E-state index contributed by atoms with van der Waals surface area (Å²) in [6, 6.07) is 5.97. The first-order valence-electron chi connectivity index (χ1n) is 6.39. The van der Waals surface area contributed by atoms with Crippen molar-refractivity contribution in [2.24, 2.45) is 5.73 Å². The topological polar surface area (TPSA) is 53.7 Å². The smallest absolute Gasteiger partial charge is 0.123 e. The average molecular weight is 271 g/mol. The zero-order valence-electron chi connectivity index (χ0n) is 11.3. The Labute approximate surface area is 113 Å². The van der Waals surface area contributed by atoms with Gasteiger partial charge in [-0.3, -0.25) is 0 Å². The molecule has 1 rings (SSSR count). The van der Waals surface area contributed by atoms with Gasteiger partial charge >= 0.3 is 0 Å². The van der Waals surface area contributed by atoms with Crippen molar-refractivity contribution in [2.75, 3.05) is 40.1 Å². The van der Waals surface area contributed by atoms with E-state index in [1.807, 2.05) is 0 Å². The van der Waals surface area contributed by atoms with Crippen molar-refractivity contribution < 1.29 is 18.6 Å². The van der Waals surface area contributed by atoms with E-state index in [-0.39, 0.29) is 11.9 Å². The summed E-state index contributed by atoms with van der Waals surface area (Å²) in [7, 11) is 1.64. The predicted molar refractivity (Wildman–Crippen MR) is 71.5 cm³/mol. The number of hydrogen-bond donors (Lipinski definition) is 1. The summed E-state index contributed by atoms with van der Waals surface area (Å²) in [5.74, 6) is -0.278. The molecule has 19 heavy (non-hydrogen) atoms. The number of hydrogen-bond acceptors (Lipinski definition) is 4. The zero-order valence-corrected chi connectivity index (χ0v) is 11.3. The first kappa shape index (κ1) is 16.0. The lowest BCUT2D eigenvalue weighted by Gasteiger charge is -2.12. The van der Waals surface area contributed by atoms with Crippen molar-refractivity contribution in [3.05, 3.63) is 35.6 Å². The molecular formula is C14H22FNO3. The lowest BCUT2D eigenvalue weighted by Crippen LogP contribution is -2.18. The Morgan fingerprint density at radius 1 is 1.16 bits per heavy atom. The third kappa shape index (κ3) is 7.22. The third-order valence-corrected chi connectivity index (χ3v) is 2.58. The minimum Gasteiger partial charge on any atom is -0.382 e. The lowest BCUT2D eigenvalue weighted by atomic mass is 10.1. The minimum atomic E-state index is -0.301. The van der Waals surface area contributed by atoms with Crippen molar-refractivity contribution in [1.82, 2.24) is 0 Å². The van der Waals surface area contributed by atoms with Crippen LogP contribution in [0.4, 0.5) is 4.39 Å². The molecule has 0 saturated carbocycles. The standard InChI is InChI=1S/C14H22FNO3/c1-17-8-9-18-6-3-7-19-11-14(16)12-4-2-5-13(15)10-12/h2,4-5,10,14H,3,6-9,11,16H2,1H3. The maximum absolute atomic E-state index is 13.0. The van der Waals surface area contributed by atoms with Gasteiger partial charge in [0.25, 0.3) is 0 Å². The Bertz CT molecular complexity index is 349. The zero-order chi connectivity index (χ0) is 13.9. The molecule has 1 atom stereocenters. The van der Waals surface area contributed by atoms with Gasteiger partial charge in [0, 0.05) is 20.3 Å². The number of nitrogens with two attached hydrogens (primary N) is 1. The van der Waals surface area contributed by atoms with Gasteiger partial charge in [-0.2, -0.15) is 0 Å². The van der Waals surface area contributed by atoms with E-state index in [0.717, 1.165) is 12.0 Å². The Morgan fingerprint density at radius 2 is 1.95 bits per heavy atom. The predicted octanol–water partition coefficient (Wildman–Crippen LogP) is 1.90. The van der Waals surface area contributed by atoms with Gasteiger partial charge in [-0.1, -0.05) is 12.1 Å². The second-order valence-electron chi connectivity index (χ2n) is 4.20. The molecule has 0 aromatic heterocycles. The molecule has 0 spiro atoms. The second-order valence-corrected chi connectivity index (χ2v) is 4.20. The summed E-state index contributed by atoms with van der Waals surface area (Å²) in [4.78, 5) is 0. The molecule has 1 aromatic carbocycles. The minimum absolute atomic E-state index is 0.278. The van der Waals surface area contributed by atoms with E-state index in [2.05, 4.69) is 0 Å². The van der Waals surface area contributed by atoms with E-state index in [4.69, 9.17) is 19.9 Å². The summed E-state index contributed by atoms with van der Waals surface area (Å²) in [5.41, 5.74) is 6.65. The molecule has 0 aliphatic heterocycles. The molecule has 0 amide bonds. The van der Waals surface area contributed by atoms with E-state index in [1.165, 1.54) is 12.1 Å². The normalized spacial score (nSPS) is 12.6. The molecule has 4 nitrogen and oxygen atoms in total. The highest BCUT2D eigenvalue weighted by Crippen LogP contribution is 2.12. The molecule has 0 aliphatic carbocycles. The summed E-state index contributed by atoms with van der Waals surface area (Å²) < 4.78 is 28.6. The largest absolute Gasteiger partial charge is 0.382 e.